The monoisotopic (exact) mass is 312 g/mol. The van der Waals surface area contributed by atoms with E-state index in [0.29, 0.717) is 11.4 Å². The quantitative estimate of drug-likeness (QED) is 0.786. The zero-order valence-corrected chi connectivity index (χ0v) is 13.1. The molecule has 0 fully saturated rings. The lowest BCUT2D eigenvalue weighted by Crippen LogP contribution is -2.23. The molecule has 3 aromatic rings. The average Bonchev–Trinajstić information content (AvgIpc) is 3.01. The number of nitrogens with zero attached hydrogens (tertiary/aromatic N) is 3. The first kappa shape index (κ1) is 14.6. The van der Waals surface area contributed by atoms with E-state index in [1.54, 1.807) is 6.20 Å². The van der Waals surface area contributed by atoms with Gasteiger partial charge in [-0.15, -0.1) is 5.10 Å². The number of carbonyl (C=O) groups excluding carboxylic acids is 1. The Morgan fingerprint density at radius 3 is 3.05 bits per heavy atom. The number of para-hydroxylation sites is 1. The van der Waals surface area contributed by atoms with E-state index in [1.165, 1.54) is 0 Å². The maximum atomic E-state index is 12.2. The standard InChI is InChI=1S/C16H16N4OS/c1-2-5-14-15(22-20-19-14)16(21)18-10-11-8-12-6-3-4-7-13(12)17-9-11/h3-4,6-9H,2,5,10H2,1H3,(H,18,21). The predicted octanol–water partition coefficient (Wildman–Crippen LogP) is 2.97. The van der Waals surface area contributed by atoms with Crippen molar-refractivity contribution in [3.05, 3.63) is 52.7 Å². The molecule has 0 aliphatic carbocycles. The lowest BCUT2D eigenvalue weighted by Gasteiger charge is -2.05. The molecule has 0 bridgehead atoms. The highest BCUT2D eigenvalue weighted by molar-refractivity contribution is 7.08. The van der Waals surface area contributed by atoms with E-state index in [0.717, 1.165) is 46.5 Å². The minimum atomic E-state index is -0.119. The van der Waals surface area contributed by atoms with Crippen LogP contribution in [0.1, 0.15) is 34.3 Å². The van der Waals surface area contributed by atoms with Crippen LogP contribution in [0.15, 0.2) is 36.5 Å². The molecule has 1 amide bonds. The highest BCUT2D eigenvalue weighted by atomic mass is 32.1. The van der Waals surface area contributed by atoms with E-state index in [2.05, 4.69) is 26.8 Å². The first-order valence-corrected chi connectivity index (χ1v) is 7.98. The molecule has 112 valence electrons. The third-order valence-corrected chi connectivity index (χ3v) is 4.12. The number of benzene rings is 1. The van der Waals surface area contributed by atoms with Gasteiger partial charge in [0.15, 0.2) is 0 Å². The molecule has 2 heterocycles. The second kappa shape index (κ2) is 6.62. The van der Waals surface area contributed by atoms with Crippen LogP contribution in [-0.4, -0.2) is 20.5 Å². The molecule has 0 saturated carbocycles. The smallest absolute Gasteiger partial charge is 0.265 e. The van der Waals surface area contributed by atoms with Crippen LogP contribution in [0.25, 0.3) is 10.9 Å². The maximum absolute atomic E-state index is 12.2. The van der Waals surface area contributed by atoms with Crippen LogP contribution >= 0.6 is 11.5 Å². The van der Waals surface area contributed by atoms with E-state index in [4.69, 9.17) is 0 Å². The second-order valence-corrected chi connectivity index (χ2v) is 5.77. The number of fused-ring (bicyclic) bond motifs is 1. The molecule has 0 aliphatic heterocycles. The van der Waals surface area contributed by atoms with E-state index < -0.39 is 0 Å². The van der Waals surface area contributed by atoms with Crippen molar-refractivity contribution in [3.63, 3.8) is 0 Å². The molecule has 0 radical (unpaired) electrons. The third-order valence-electron chi connectivity index (χ3n) is 3.35. The summed E-state index contributed by atoms with van der Waals surface area (Å²) in [6.07, 6.45) is 3.51. The van der Waals surface area contributed by atoms with E-state index >= 15 is 0 Å². The van der Waals surface area contributed by atoms with Gasteiger partial charge >= 0.3 is 0 Å². The van der Waals surface area contributed by atoms with Gasteiger partial charge in [0.2, 0.25) is 0 Å². The van der Waals surface area contributed by atoms with Crippen LogP contribution in [-0.2, 0) is 13.0 Å². The predicted molar refractivity (Wildman–Crippen MR) is 86.8 cm³/mol. The van der Waals surface area contributed by atoms with Gasteiger partial charge in [-0.05, 0) is 35.6 Å². The largest absolute Gasteiger partial charge is 0.347 e. The van der Waals surface area contributed by atoms with Gasteiger partial charge in [-0.2, -0.15) is 0 Å². The normalized spacial score (nSPS) is 10.8. The van der Waals surface area contributed by atoms with Gasteiger partial charge in [0.05, 0.1) is 11.2 Å². The lowest BCUT2D eigenvalue weighted by atomic mass is 10.1. The molecular formula is C16H16N4OS. The van der Waals surface area contributed by atoms with Gasteiger partial charge in [0.1, 0.15) is 4.88 Å². The minimum Gasteiger partial charge on any atom is -0.347 e. The first-order valence-electron chi connectivity index (χ1n) is 7.21. The number of pyridine rings is 1. The molecule has 1 N–H and O–H groups in total. The molecule has 6 heteroatoms. The molecule has 0 spiro atoms. The summed E-state index contributed by atoms with van der Waals surface area (Å²) >= 11 is 1.15. The van der Waals surface area contributed by atoms with Crippen molar-refractivity contribution in [2.75, 3.05) is 0 Å². The van der Waals surface area contributed by atoms with Gasteiger partial charge in [-0.25, -0.2) is 0 Å². The number of nitrogens with one attached hydrogen (secondary N) is 1. The number of hydrogen-bond donors (Lipinski definition) is 1. The summed E-state index contributed by atoms with van der Waals surface area (Å²) in [4.78, 5) is 17.2. The number of carbonyl (C=O) groups is 1. The van der Waals surface area contributed by atoms with Gasteiger partial charge in [-0.1, -0.05) is 36.0 Å². The Balaban J connectivity index is 1.70. The van der Waals surface area contributed by atoms with Crippen LogP contribution in [0.3, 0.4) is 0 Å². The molecule has 22 heavy (non-hydrogen) atoms. The Morgan fingerprint density at radius 1 is 1.32 bits per heavy atom. The SMILES string of the molecule is CCCc1nnsc1C(=O)NCc1cnc2ccccc2c1. The van der Waals surface area contributed by atoms with Crippen LogP contribution in [0.2, 0.25) is 0 Å². The molecule has 3 rings (SSSR count). The fraction of sp³-hybridized carbons (Fsp3) is 0.250. The van der Waals surface area contributed by atoms with Crippen molar-refractivity contribution in [1.82, 2.24) is 19.9 Å². The number of aromatic nitrogens is 3. The maximum Gasteiger partial charge on any atom is 0.265 e. The molecule has 0 saturated heterocycles. The number of aryl methyl sites for hydroxylation is 1. The van der Waals surface area contributed by atoms with Crippen LogP contribution in [0, 0.1) is 0 Å². The zero-order valence-electron chi connectivity index (χ0n) is 12.2. The fourth-order valence-electron chi connectivity index (χ4n) is 2.26. The van der Waals surface area contributed by atoms with Gasteiger partial charge in [0, 0.05) is 18.1 Å². The van der Waals surface area contributed by atoms with Crippen molar-refractivity contribution >= 4 is 28.3 Å². The average molecular weight is 312 g/mol. The zero-order chi connectivity index (χ0) is 15.4. The summed E-state index contributed by atoms with van der Waals surface area (Å²) in [6, 6.07) is 9.97. The van der Waals surface area contributed by atoms with Crippen molar-refractivity contribution in [1.29, 1.82) is 0 Å². The Bertz CT molecular complexity index is 799. The summed E-state index contributed by atoms with van der Waals surface area (Å²) in [6.45, 7) is 2.50. The summed E-state index contributed by atoms with van der Waals surface area (Å²) in [5.74, 6) is -0.119. The van der Waals surface area contributed by atoms with Crippen LogP contribution in [0.4, 0.5) is 0 Å². The topological polar surface area (TPSA) is 67.8 Å². The molecule has 0 atom stereocenters. The van der Waals surface area contributed by atoms with Crippen molar-refractivity contribution in [3.8, 4) is 0 Å². The molecule has 1 aromatic carbocycles. The minimum absolute atomic E-state index is 0.119. The number of amides is 1. The Labute approximate surface area is 132 Å². The van der Waals surface area contributed by atoms with Gasteiger partial charge in [0.25, 0.3) is 5.91 Å². The van der Waals surface area contributed by atoms with Gasteiger partial charge in [-0.3, -0.25) is 9.78 Å². The third kappa shape index (κ3) is 3.12. The van der Waals surface area contributed by atoms with Gasteiger partial charge < -0.3 is 5.32 Å². The Morgan fingerprint density at radius 2 is 2.18 bits per heavy atom. The number of rotatable bonds is 5. The summed E-state index contributed by atoms with van der Waals surface area (Å²) in [5.41, 5.74) is 2.71. The van der Waals surface area contributed by atoms with Crippen molar-refractivity contribution in [2.45, 2.75) is 26.3 Å². The number of hydrogen-bond acceptors (Lipinski definition) is 5. The van der Waals surface area contributed by atoms with Crippen molar-refractivity contribution in [2.24, 2.45) is 0 Å². The second-order valence-electron chi connectivity index (χ2n) is 5.02. The summed E-state index contributed by atoms with van der Waals surface area (Å²) in [5, 5.41) is 8.00. The molecule has 0 unspecified atom stereocenters. The molecule has 2 aromatic heterocycles. The van der Waals surface area contributed by atoms with Crippen molar-refractivity contribution < 1.29 is 4.79 Å². The molecule has 5 nitrogen and oxygen atoms in total. The van der Waals surface area contributed by atoms with Crippen LogP contribution < -0.4 is 5.32 Å². The van der Waals surface area contributed by atoms with E-state index in [1.807, 2.05) is 30.3 Å². The Kier molecular flexibility index (Phi) is 4.39. The first-order chi connectivity index (χ1) is 10.8. The lowest BCUT2D eigenvalue weighted by molar-refractivity contribution is 0.0954. The highest BCUT2D eigenvalue weighted by Gasteiger charge is 2.15. The fourth-order valence-corrected chi connectivity index (χ4v) is 2.88. The molecular weight excluding hydrogens is 296 g/mol. The van der Waals surface area contributed by atoms with E-state index in [-0.39, 0.29) is 5.91 Å². The summed E-state index contributed by atoms with van der Waals surface area (Å²) < 4.78 is 3.88. The van der Waals surface area contributed by atoms with E-state index in [9.17, 15) is 4.79 Å². The molecule has 0 aliphatic rings. The van der Waals surface area contributed by atoms with Crippen LogP contribution in [0.5, 0.6) is 0 Å². The summed E-state index contributed by atoms with van der Waals surface area (Å²) in [7, 11) is 0. The Hall–Kier alpha value is -2.34. The highest BCUT2D eigenvalue weighted by Crippen LogP contribution is 2.14.